The fourth-order valence-corrected chi connectivity index (χ4v) is 3.29. The monoisotopic (exact) mass is 240 g/mol. The third-order valence-electron chi connectivity index (χ3n) is 4.25. The molecular weight excluding hydrogens is 216 g/mol. The zero-order valence-electron chi connectivity index (χ0n) is 11.1. The van der Waals surface area contributed by atoms with Gasteiger partial charge in [0.15, 0.2) is 0 Å². The van der Waals surface area contributed by atoms with E-state index in [9.17, 15) is 4.79 Å². The molecule has 0 radical (unpaired) electrons. The van der Waals surface area contributed by atoms with E-state index < -0.39 is 0 Å². The van der Waals surface area contributed by atoms with Crippen LogP contribution in [-0.4, -0.2) is 38.3 Å². The van der Waals surface area contributed by atoms with Crippen molar-refractivity contribution in [2.75, 3.05) is 20.2 Å². The Morgan fingerprint density at radius 2 is 2.24 bits per heavy atom. The van der Waals surface area contributed by atoms with Crippen molar-refractivity contribution in [1.82, 2.24) is 10.6 Å². The Bertz CT molecular complexity index is 291. The molecule has 1 aliphatic carbocycles. The fourth-order valence-electron chi connectivity index (χ4n) is 3.29. The molecule has 1 heterocycles. The van der Waals surface area contributed by atoms with E-state index in [0.717, 1.165) is 26.0 Å². The van der Waals surface area contributed by atoms with Crippen LogP contribution in [0.4, 0.5) is 0 Å². The minimum atomic E-state index is 0.0971. The largest absolute Gasteiger partial charge is 0.377 e. The van der Waals surface area contributed by atoms with Gasteiger partial charge in [0.2, 0.25) is 5.91 Å². The first-order valence-corrected chi connectivity index (χ1v) is 6.63. The molecule has 2 rings (SSSR count). The molecule has 0 spiro atoms. The van der Waals surface area contributed by atoms with E-state index in [0.29, 0.717) is 24.5 Å². The molecule has 4 heteroatoms. The van der Waals surface area contributed by atoms with Crippen LogP contribution in [0, 0.1) is 11.3 Å². The summed E-state index contributed by atoms with van der Waals surface area (Å²) in [7, 11) is 1.91. The Balaban J connectivity index is 1.80. The minimum absolute atomic E-state index is 0.0971. The lowest BCUT2D eigenvalue weighted by Crippen LogP contribution is -2.66. The smallest absolute Gasteiger partial charge is 0.220 e. The predicted octanol–water partition coefficient (Wildman–Crippen LogP) is 0.916. The van der Waals surface area contributed by atoms with Crippen molar-refractivity contribution in [1.29, 1.82) is 0 Å². The Labute approximate surface area is 103 Å². The second-order valence-corrected chi connectivity index (χ2v) is 5.82. The molecule has 0 aromatic heterocycles. The molecule has 2 aliphatic rings. The second kappa shape index (κ2) is 4.94. The highest BCUT2D eigenvalue weighted by molar-refractivity contribution is 5.76. The van der Waals surface area contributed by atoms with E-state index >= 15 is 0 Å². The molecule has 1 saturated heterocycles. The van der Waals surface area contributed by atoms with Gasteiger partial charge in [0, 0.05) is 30.4 Å². The molecule has 4 nitrogen and oxygen atoms in total. The highest BCUT2D eigenvalue weighted by atomic mass is 16.5. The molecule has 1 amide bonds. The van der Waals surface area contributed by atoms with Crippen LogP contribution >= 0.6 is 0 Å². The van der Waals surface area contributed by atoms with Gasteiger partial charge in [-0.2, -0.15) is 0 Å². The summed E-state index contributed by atoms with van der Waals surface area (Å²) >= 11 is 0. The van der Waals surface area contributed by atoms with Crippen LogP contribution in [0.15, 0.2) is 0 Å². The highest BCUT2D eigenvalue weighted by Gasteiger charge is 2.59. The molecule has 1 saturated carbocycles. The zero-order chi connectivity index (χ0) is 12.5. The molecule has 0 aromatic rings. The van der Waals surface area contributed by atoms with Gasteiger partial charge in [-0.1, -0.05) is 13.8 Å². The molecule has 2 N–H and O–H groups in total. The molecule has 0 aromatic carbocycles. The van der Waals surface area contributed by atoms with Crippen molar-refractivity contribution >= 4 is 5.91 Å². The third-order valence-corrected chi connectivity index (χ3v) is 4.25. The topological polar surface area (TPSA) is 50.4 Å². The lowest BCUT2D eigenvalue weighted by atomic mass is 9.57. The van der Waals surface area contributed by atoms with E-state index in [1.165, 1.54) is 0 Å². The summed E-state index contributed by atoms with van der Waals surface area (Å²) in [6, 6.07) is 0.303. The minimum Gasteiger partial charge on any atom is -0.377 e. The first-order valence-electron chi connectivity index (χ1n) is 6.63. The van der Waals surface area contributed by atoms with E-state index in [4.69, 9.17) is 4.74 Å². The molecule has 0 bridgehead atoms. The molecule has 2 fully saturated rings. The van der Waals surface area contributed by atoms with Gasteiger partial charge in [-0.15, -0.1) is 0 Å². The quantitative estimate of drug-likeness (QED) is 0.703. The number of rotatable bonds is 5. The van der Waals surface area contributed by atoms with Crippen LogP contribution in [0.1, 0.15) is 33.1 Å². The zero-order valence-corrected chi connectivity index (χ0v) is 11.1. The van der Waals surface area contributed by atoms with E-state index in [-0.39, 0.29) is 11.3 Å². The molecule has 3 unspecified atom stereocenters. The van der Waals surface area contributed by atoms with Crippen molar-refractivity contribution < 1.29 is 9.53 Å². The first-order chi connectivity index (χ1) is 8.07. The number of carbonyl (C=O) groups is 1. The molecule has 3 atom stereocenters. The Kier molecular flexibility index (Phi) is 3.73. The van der Waals surface area contributed by atoms with Crippen LogP contribution in [-0.2, 0) is 9.53 Å². The van der Waals surface area contributed by atoms with Gasteiger partial charge in [0.25, 0.3) is 0 Å². The Hall–Kier alpha value is -0.610. The van der Waals surface area contributed by atoms with Gasteiger partial charge in [0.05, 0.1) is 6.10 Å². The van der Waals surface area contributed by atoms with Crippen molar-refractivity contribution in [3.05, 3.63) is 0 Å². The van der Waals surface area contributed by atoms with Gasteiger partial charge in [-0.3, -0.25) is 4.79 Å². The Morgan fingerprint density at radius 3 is 2.94 bits per heavy atom. The average molecular weight is 240 g/mol. The first kappa shape index (κ1) is 12.8. The van der Waals surface area contributed by atoms with Gasteiger partial charge in [0.1, 0.15) is 0 Å². The normalized spacial score (nSPS) is 33.9. The average Bonchev–Trinajstić information content (AvgIpc) is 2.73. The van der Waals surface area contributed by atoms with E-state index in [1.54, 1.807) is 0 Å². The van der Waals surface area contributed by atoms with E-state index in [1.807, 2.05) is 7.05 Å². The second-order valence-electron chi connectivity index (χ2n) is 5.82. The standard InChI is InChI=1S/C13H24N2O2/c1-13(2)11(9-6-8-17-12(9)13)15-10(16)5-4-7-14-3/h9,11-12,14H,4-8H2,1-3H3,(H,15,16). The maximum absolute atomic E-state index is 11.8. The van der Waals surface area contributed by atoms with Gasteiger partial charge >= 0.3 is 0 Å². The third kappa shape index (κ3) is 2.33. The van der Waals surface area contributed by atoms with Crippen LogP contribution in [0.3, 0.4) is 0 Å². The maximum atomic E-state index is 11.8. The summed E-state index contributed by atoms with van der Waals surface area (Å²) in [5.41, 5.74) is 0.0971. The van der Waals surface area contributed by atoms with Gasteiger partial charge in [-0.05, 0) is 26.4 Å². The molecule has 1 aliphatic heterocycles. The summed E-state index contributed by atoms with van der Waals surface area (Å²) < 4.78 is 5.72. The van der Waals surface area contributed by atoms with Crippen molar-refractivity contribution in [3.63, 3.8) is 0 Å². The SMILES string of the molecule is CNCCCC(=O)NC1C2CCOC2C1(C)C. The Morgan fingerprint density at radius 1 is 1.47 bits per heavy atom. The number of ether oxygens (including phenoxy) is 1. The summed E-state index contributed by atoms with van der Waals surface area (Å²) in [4.78, 5) is 11.8. The fraction of sp³-hybridized carbons (Fsp3) is 0.923. The predicted molar refractivity (Wildman–Crippen MR) is 66.7 cm³/mol. The van der Waals surface area contributed by atoms with E-state index in [2.05, 4.69) is 24.5 Å². The molecule has 98 valence electrons. The van der Waals surface area contributed by atoms with Crippen LogP contribution < -0.4 is 10.6 Å². The number of fused-ring (bicyclic) bond motifs is 1. The number of nitrogens with one attached hydrogen (secondary N) is 2. The van der Waals surface area contributed by atoms with Crippen molar-refractivity contribution in [3.8, 4) is 0 Å². The molecular formula is C13H24N2O2. The molecule has 17 heavy (non-hydrogen) atoms. The summed E-state index contributed by atoms with van der Waals surface area (Å²) in [5.74, 6) is 0.724. The van der Waals surface area contributed by atoms with Crippen LogP contribution in [0.2, 0.25) is 0 Å². The van der Waals surface area contributed by atoms with Crippen molar-refractivity contribution in [2.45, 2.75) is 45.3 Å². The van der Waals surface area contributed by atoms with Gasteiger partial charge in [-0.25, -0.2) is 0 Å². The lowest BCUT2D eigenvalue weighted by Gasteiger charge is -2.54. The van der Waals surface area contributed by atoms with Crippen molar-refractivity contribution in [2.24, 2.45) is 11.3 Å². The summed E-state index contributed by atoms with van der Waals surface area (Å²) in [6.45, 7) is 6.14. The number of carbonyl (C=O) groups excluding carboxylic acids is 1. The number of hydrogen-bond donors (Lipinski definition) is 2. The highest BCUT2D eigenvalue weighted by Crippen LogP contribution is 2.52. The van der Waals surface area contributed by atoms with Crippen LogP contribution in [0.25, 0.3) is 0 Å². The number of hydrogen-bond acceptors (Lipinski definition) is 3. The lowest BCUT2D eigenvalue weighted by molar-refractivity contribution is -0.137. The summed E-state index contributed by atoms with van der Waals surface area (Å²) in [5, 5.41) is 6.25. The van der Waals surface area contributed by atoms with Crippen LogP contribution in [0.5, 0.6) is 0 Å². The number of amides is 1. The summed E-state index contributed by atoms with van der Waals surface area (Å²) in [6.07, 6.45) is 2.96. The maximum Gasteiger partial charge on any atom is 0.220 e. The van der Waals surface area contributed by atoms with Gasteiger partial charge < -0.3 is 15.4 Å².